The largest absolute Gasteiger partial charge is 0.457 e. The molecule has 3 heterocycles. The first-order chi connectivity index (χ1) is 13.1. The molecule has 0 saturated heterocycles. The highest BCUT2D eigenvalue weighted by atomic mass is 32.1. The van der Waals surface area contributed by atoms with E-state index in [2.05, 4.69) is 19.7 Å². The first-order valence-corrected chi connectivity index (χ1v) is 9.09. The van der Waals surface area contributed by atoms with E-state index in [1.54, 1.807) is 30.7 Å². The summed E-state index contributed by atoms with van der Waals surface area (Å²) in [6.45, 7) is 3.84. The van der Waals surface area contributed by atoms with Gasteiger partial charge in [-0.1, -0.05) is 0 Å². The van der Waals surface area contributed by atoms with Gasteiger partial charge in [-0.05, 0) is 67.3 Å². The van der Waals surface area contributed by atoms with Crippen molar-refractivity contribution >= 4 is 33.3 Å². The summed E-state index contributed by atoms with van der Waals surface area (Å²) in [5.74, 6) is 1.23. The molecule has 1 N–H and O–H groups in total. The molecule has 1 amide bonds. The summed E-state index contributed by atoms with van der Waals surface area (Å²) >= 11 is 1.33. The summed E-state index contributed by atoms with van der Waals surface area (Å²) in [6, 6.07) is 10.9. The highest BCUT2D eigenvalue weighted by Gasteiger charge is 2.12. The van der Waals surface area contributed by atoms with Gasteiger partial charge in [0.15, 0.2) is 0 Å². The number of nitrogens with zero attached hydrogens (tertiary/aromatic N) is 3. The number of anilines is 1. The maximum atomic E-state index is 12.6. The van der Waals surface area contributed by atoms with Gasteiger partial charge in [-0.15, -0.1) is 0 Å². The summed E-state index contributed by atoms with van der Waals surface area (Å²) in [5.41, 5.74) is 2.99. The zero-order chi connectivity index (χ0) is 18.8. The molecule has 0 aliphatic heterocycles. The number of nitrogens with one attached hydrogen (secondary N) is 1. The van der Waals surface area contributed by atoms with Gasteiger partial charge in [0.2, 0.25) is 0 Å². The minimum atomic E-state index is -0.211. The summed E-state index contributed by atoms with van der Waals surface area (Å²) < 4.78 is 10.1. The van der Waals surface area contributed by atoms with Gasteiger partial charge in [-0.25, -0.2) is 4.98 Å². The number of benzene rings is 1. The second-order valence-corrected chi connectivity index (χ2v) is 6.82. The van der Waals surface area contributed by atoms with Crippen LogP contribution in [0.3, 0.4) is 0 Å². The molecule has 0 radical (unpaired) electrons. The van der Waals surface area contributed by atoms with Crippen LogP contribution in [0, 0.1) is 13.8 Å². The van der Waals surface area contributed by atoms with Crippen LogP contribution < -0.4 is 10.1 Å². The number of hydrogen-bond acceptors (Lipinski definition) is 6. The Morgan fingerprint density at radius 1 is 1.11 bits per heavy atom. The molecule has 0 spiro atoms. The number of aromatic nitrogens is 3. The second kappa shape index (κ2) is 7.13. The van der Waals surface area contributed by atoms with Crippen LogP contribution >= 0.6 is 11.5 Å². The van der Waals surface area contributed by atoms with E-state index in [0.717, 1.165) is 27.2 Å². The molecule has 1 aromatic carbocycles. The van der Waals surface area contributed by atoms with Crippen LogP contribution in [-0.2, 0) is 0 Å². The van der Waals surface area contributed by atoms with Gasteiger partial charge < -0.3 is 10.1 Å². The molecule has 0 unspecified atom stereocenters. The highest BCUT2D eigenvalue weighted by molar-refractivity contribution is 7.12. The lowest BCUT2D eigenvalue weighted by molar-refractivity contribution is 0.102. The summed E-state index contributed by atoms with van der Waals surface area (Å²) in [7, 11) is 0. The third-order valence-corrected chi connectivity index (χ3v) is 4.95. The SMILES string of the molecule is Cc1cc(NC(=O)c2cnc3snc(C)c3c2)ccc1Oc1ccncc1. The quantitative estimate of drug-likeness (QED) is 0.556. The van der Waals surface area contributed by atoms with Crippen LogP contribution in [-0.4, -0.2) is 20.2 Å². The van der Waals surface area contributed by atoms with Crippen LogP contribution in [0.15, 0.2) is 55.0 Å². The van der Waals surface area contributed by atoms with Crippen molar-refractivity contribution in [2.75, 3.05) is 5.32 Å². The van der Waals surface area contributed by atoms with Crippen molar-refractivity contribution in [3.63, 3.8) is 0 Å². The second-order valence-electron chi connectivity index (χ2n) is 6.06. The summed E-state index contributed by atoms with van der Waals surface area (Å²) in [6.07, 6.45) is 4.92. The number of fused-ring (bicyclic) bond motifs is 1. The van der Waals surface area contributed by atoms with E-state index in [1.165, 1.54) is 11.5 Å². The molecule has 0 aliphatic rings. The average Bonchev–Trinajstić information content (AvgIpc) is 3.05. The van der Waals surface area contributed by atoms with Crippen molar-refractivity contribution in [3.8, 4) is 11.5 Å². The van der Waals surface area contributed by atoms with Gasteiger partial charge in [-0.3, -0.25) is 9.78 Å². The fourth-order valence-electron chi connectivity index (χ4n) is 2.65. The topological polar surface area (TPSA) is 77.0 Å². The molecule has 4 rings (SSSR count). The van der Waals surface area contributed by atoms with Crippen LogP contribution in [0.25, 0.3) is 10.2 Å². The minimum absolute atomic E-state index is 0.211. The molecule has 0 bridgehead atoms. The number of carbonyl (C=O) groups is 1. The molecule has 134 valence electrons. The Hall–Kier alpha value is -3.32. The van der Waals surface area contributed by atoms with Gasteiger partial charge in [0, 0.05) is 29.7 Å². The first kappa shape index (κ1) is 17.1. The van der Waals surface area contributed by atoms with Gasteiger partial charge in [0.25, 0.3) is 5.91 Å². The molecule has 7 heteroatoms. The molecule has 27 heavy (non-hydrogen) atoms. The molecule has 0 saturated carbocycles. The lowest BCUT2D eigenvalue weighted by atomic mass is 10.1. The van der Waals surface area contributed by atoms with Crippen molar-refractivity contribution in [2.45, 2.75) is 13.8 Å². The van der Waals surface area contributed by atoms with Gasteiger partial charge in [0.1, 0.15) is 16.3 Å². The van der Waals surface area contributed by atoms with Crippen molar-refractivity contribution in [2.24, 2.45) is 0 Å². The lowest BCUT2D eigenvalue weighted by Crippen LogP contribution is -2.12. The Balaban J connectivity index is 1.52. The number of ether oxygens (including phenoxy) is 1. The van der Waals surface area contributed by atoms with Crippen molar-refractivity contribution < 1.29 is 9.53 Å². The predicted molar refractivity (Wildman–Crippen MR) is 106 cm³/mol. The number of carbonyl (C=O) groups excluding carboxylic acids is 1. The monoisotopic (exact) mass is 376 g/mol. The zero-order valence-corrected chi connectivity index (χ0v) is 15.6. The number of hydrogen-bond donors (Lipinski definition) is 1. The van der Waals surface area contributed by atoms with Gasteiger partial charge in [0.05, 0.1) is 11.3 Å². The Kier molecular flexibility index (Phi) is 4.52. The molecule has 3 aromatic heterocycles. The summed E-state index contributed by atoms with van der Waals surface area (Å²) in [4.78, 5) is 21.7. The molecule has 0 atom stereocenters. The number of amides is 1. The van der Waals surface area contributed by atoms with Crippen LogP contribution in [0.1, 0.15) is 21.6 Å². The Labute approximate surface area is 160 Å². The number of aryl methyl sites for hydroxylation is 2. The lowest BCUT2D eigenvalue weighted by Gasteiger charge is -2.11. The smallest absolute Gasteiger partial charge is 0.257 e. The molecule has 6 nitrogen and oxygen atoms in total. The molecular weight excluding hydrogens is 360 g/mol. The molecule has 0 fully saturated rings. The third-order valence-electron chi connectivity index (χ3n) is 4.08. The van der Waals surface area contributed by atoms with E-state index in [9.17, 15) is 4.79 Å². The molecule has 0 aliphatic carbocycles. The van der Waals surface area contributed by atoms with Crippen LogP contribution in [0.4, 0.5) is 5.69 Å². The van der Waals surface area contributed by atoms with Gasteiger partial charge >= 0.3 is 0 Å². The fraction of sp³-hybridized carbons (Fsp3) is 0.100. The Morgan fingerprint density at radius 3 is 2.70 bits per heavy atom. The van der Waals surface area contributed by atoms with Crippen molar-refractivity contribution in [1.82, 2.24) is 14.3 Å². The maximum Gasteiger partial charge on any atom is 0.257 e. The predicted octanol–water partition coefficient (Wildman–Crippen LogP) is 4.75. The van der Waals surface area contributed by atoms with E-state index in [0.29, 0.717) is 17.0 Å². The Morgan fingerprint density at radius 2 is 1.93 bits per heavy atom. The summed E-state index contributed by atoms with van der Waals surface area (Å²) in [5, 5.41) is 3.81. The first-order valence-electron chi connectivity index (χ1n) is 8.32. The van der Waals surface area contributed by atoms with E-state index < -0.39 is 0 Å². The van der Waals surface area contributed by atoms with Crippen molar-refractivity contribution in [3.05, 3.63) is 71.8 Å². The average molecular weight is 376 g/mol. The molecule has 4 aromatic rings. The third kappa shape index (κ3) is 3.63. The highest BCUT2D eigenvalue weighted by Crippen LogP contribution is 2.27. The van der Waals surface area contributed by atoms with Crippen molar-refractivity contribution in [1.29, 1.82) is 0 Å². The standard InChI is InChI=1S/C20H16N4O2S/c1-12-9-15(3-4-18(12)26-16-5-7-21-8-6-16)23-19(25)14-10-17-13(2)24-27-20(17)22-11-14/h3-11H,1-2H3,(H,23,25). The normalized spacial score (nSPS) is 10.7. The Bertz CT molecular complexity index is 1130. The van der Waals surface area contributed by atoms with Crippen LogP contribution in [0.2, 0.25) is 0 Å². The van der Waals surface area contributed by atoms with Gasteiger partial charge in [-0.2, -0.15) is 4.37 Å². The van der Waals surface area contributed by atoms with E-state index in [4.69, 9.17) is 4.74 Å². The van der Waals surface area contributed by atoms with E-state index in [-0.39, 0.29) is 5.91 Å². The minimum Gasteiger partial charge on any atom is -0.457 e. The van der Waals surface area contributed by atoms with E-state index in [1.807, 2.05) is 38.1 Å². The maximum absolute atomic E-state index is 12.6. The number of pyridine rings is 2. The zero-order valence-electron chi connectivity index (χ0n) is 14.8. The fourth-order valence-corrected chi connectivity index (χ4v) is 3.37. The van der Waals surface area contributed by atoms with Crippen LogP contribution in [0.5, 0.6) is 11.5 Å². The molecular formula is C20H16N4O2S. The van der Waals surface area contributed by atoms with E-state index >= 15 is 0 Å². The number of rotatable bonds is 4.